The average molecular weight is 304 g/mol. The quantitative estimate of drug-likeness (QED) is 0.458. The molecule has 5 nitrogen and oxygen atoms in total. The molecule has 0 heterocycles. The fourth-order valence-electron chi connectivity index (χ4n) is 1.46. The van der Waals surface area contributed by atoms with Gasteiger partial charge in [0.1, 0.15) is 0 Å². The Kier molecular flexibility index (Phi) is 6.11. The molecule has 0 N–H and O–H groups in total. The highest BCUT2D eigenvalue weighted by molar-refractivity contribution is 7.98. The topological polar surface area (TPSA) is 69.4 Å². The number of nitro groups is 1. The van der Waals surface area contributed by atoms with Crippen LogP contribution in [0.3, 0.4) is 0 Å². The second-order valence-electron chi connectivity index (χ2n) is 3.97. The molecule has 104 valence electrons. The highest BCUT2D eigenvalue weighted by Gasteiger charge is 2.16. The zero-order valence-corrected chi connectivity index (χ0v) is 12.2. The molecule has 0 saturated heterocycles. The minimum atomic E-state index is -0.435. The van der Waals surface area contributed by atoms with Gasteiger partial charge < -0.3 is 4.74 Å². The monoisotopic (exact) mass is 303 g/mol. The van der Waals surface area contributed by atoms with E-state index in [1.807, 2.05) is 0 Å². The van der Waals surface area contributed by atoms with Crippen molar-refractivity contribution in [2.75, 3.05) is 12.9 Å². The predicted octanol–water partition coefficient (Wildman–Crippen LogP) is 3.29. The Bertz CT molecular complexity index is 481. The number of nitrogens with zero attached hydrogens (tertiary/aromatic N) is 1. The van der Waals surface area contributed by atoms with Gasteiger partial charge in [0.25, 0.3) is 5.69 Å². The number of rotatable bonds is 6. The maximum Gasteiger partial charge on any atom is 0.309 e. The first-order valence-corrected chi connectivity index (χ1v) is 7.07. The van der Waals surface area contributed by atoms with E-state index in [2.05, 4.69) is 4.74 Å². The van der Waals surface area contributed by atoms with Crippen LogP contribution >= 0.6 is 23.4 Å². The van der Waals surface area contributed by atoms with Crippen molar-refractivity contribution in [3.63, 3.8) is 0 Å². The Morgan fingerprint density at radius 2 is 2.26 bits per heavy atom. The number of hydrogen-bond donors (Lipinski definition) is 0. The van der Waals surface area contributed by atoms with Crippen molar-refractivity contribution in [2.45, 2.75) is 12.7 Å². The number of thioether (sulfide) groups is 1. The zero-order valence-electron chi connectivity index (χ0n) is 10.6. The molecule has 0 spiro atoms. The van der Waals surface area contributed by atoms with E-state index in [1.165, 1.54) is 31.0 Å². The van der Waals surface area contributed by atoms with Crippen molar-refractivity contribution in [1.29, 1.82) is 0 Å². The number of hydrogen-bond acceptors (Lipinski definition) is 5. The molecule has 0 aliphatic carbocycles. The standard InChI is InChI=1S/C12H14ClNO4S/c1-8(12(15)18-2)6-19-7-9-5-10(13)3-4-11(9)14(16)17/h3-5,8H,6-7H2,1-2H3. The summed E-state index contributed by atoms with van der Waals surface area (Å²) in [5.74, 6) is 0.440. The normalized spacial score (nSPS) is 11.9. The van der Waals surface area contributed by atoms with Gasteiger partial charge in [0.15, 0.2) is 0 Å². The highest BCUT2D eigenvalue weighted by Crippen LogP contribution is 2.27. The number of nitro benzene ring substituents is 1. The molecule has 0 radical (unpaired) electrons. The third-order valence-corrected chi connectivity index (χ3v) is 3.95. The van der Waals surface area contributed by atoms with Crippen LogP contribution in [0.1, 0.15) is 12.5 Å². The number of carbonyl (C=O) groups is 1. The molecule has 0 fully saturated rings. The third kappa shape index (κ3) is 4.72. The number of methoxy groups -OCH3 is 1. The van der Waals surface area contributed by atoms with Crippen LogP contribution in [0.2, 0.25) is 5.02 Å². The maximum atomic E-state index is 11.2. The van der Waals surface area contributed by atoms with Crippen LogP contribution in [0.15, 0.2) is 18.2 Å². The largest absolute Gasteiger partial charge is 0.469 e. The number of esters is 1. The second kappa shape index (κ2) is 7.35. The van der Waals surface area contributed by atoms with Gasteiger partial charge in [0.2, 0.25) is 0 Å². The second-order valence-corrected chi connectivity index (χ2v) is 5.44. The first kappa shape index (κ1) is 15.8. The van der Waals surface area contributed by atoms with Gasteiger partial charge in [-0.2, -0.15) is 11.8 Å². The molecule has 19 heavy (non-hydrogen) atoms. The van der Waals surface area contributed by atoms with Crippen molar-refractivity contribution in [1.82, 2.24) is 0 Å². The summed E-state index contributed by atoms with van der Waals surface area (Å²) < 4.78 is 4.61. The molecule has 0 bridgehead atoms. The number of carbonyl (C=O) groups excluding carboxylic acids is 1. The first-order valence-electron chi connectivity index (χ1n) is 5.54. The van der Waals surface area contributed by atoms with E-state index in [9.17, 15) is 14.9 Å². The summed E-state index contributed by atoms with van der Waals surface area (Å²) in [6.07, 6.45) is 0. The molecule has 1 atom stereocenters. The number of benzene rings is 1. The summed E-state index contributed by atoms with van der Waals surface area (Å²) >= 11 is 7.26. The first-order chi connectivity index (χ1) is 8.95. The summed E-state index contributed by atoms with van der Waals surface area (Å²) in [5.41, 5.74) is 0.599. The third-order valence-electron chi connectivity index (χ3n) is 2.47. The lowest BCUT2D eigenvalue weighted by atomic mass is 10.2. The SMILES string of the molecule is COC(=O)C(C)CSCc1cc(Cl)ccc1[N+](=O)[O-]. The van der Waals surface area contributed by atoms with Crippen molar-refractivity contribution < 1.29 is 14.5 Å². The Hall–Kier alpha value is -1.27. The van der Waals surface area contributed by atoms with Gasteiger partial charge in [-0.1, -0.05) is 18.5 Å². The molecule has 1 unspecified atom stereocenters. The van der Waals surface area contributed by atoms with Gasteiger partial charge in [-0.3, -0.25) is 14.9 Å². The van der Waals surface area contributed by atoms with Crippen molar-refractivity contribution in [3.8, 4) is 0 Å². The molecular weight excluding hydrogens is 290 g/mol. The molecule has 0 aliphatic rings. The van der Waals surface area contributed by atoms with Gasteiger partial charge in [0.05, 0.1) is 18.0 Å². The predicted molar refractivity (Wildman–Crippen MR) is 75.4 cm³/mol. The number of halogens is 1. The fraction of sp³-hybridized carbons (Fsp3) is 0.417. The van der Waals surface area contributed by atoms with E-state index in [0.29, 0.717) is 22.1 Å². The highest BCUT2D eigenvalue weighted by atomic mass is 35.5. The lowest BCUT2D eigenvalue weighted by Crippen LogP contribution is -2.14. The molecule has 0 aromatic heterocycles. The van der Waals surface area contributed by atoms with E-state index in [1.54, 1.807) is 13.0 Å². The maximum absolute atomic E-state index is 11.2. The Morgan fingerprint density at radius 3 is 2.84 bits per heavy atom. The molecule has 7 heteroatoms. The van der Waals surface area contributed by atoms with Gasteiger partial charge >= 0.3 is 5.97 Å². The van der Waals surface area contributed by atoms with Crippen LogP contribution in [0.5, 0.6) is 0 Å². The summed E-state index contributed by atoms with van der Waals surface area (Å²) in [6.45, 7) is 1.76. The van der Waals surface area contributed by atoms with Crippen molar-refractivity contribution in [3.05, 3.63) is 38.9 Å². The lowest BCUT2D eigenvalue weighted by Gasteiger charge is -2.08. The summed E-state index contributed by atoms with van der Waals surface area (Å²) in [5, 5.41) is 11.3. The zero-order chi connectivity index (χ0) is 14.4. The molecule has 0 amide bonds. The number of ether oxygens (including phenoxy) is 1. The van der Waals surface area contributed by atoms with Gasteiger partial charge in [-0.05, 0) is 12.1 Å². The molecule has 0 aliphatic heterocycles. The summed E-state index contributed by atoms with van der Waals surface area (Å²) in [4.78, 5) is 21.6. The van der Waals surface area contributed by atoms with E-state index in [-0.39, 0.29) is 17.6 Å². The smallest absolute Gasteiger partial charge is 0.309 e. The van der Waals surface area contributed by atoms with Crippen LogP contribution in [0.4, 0.5) is 5.69 Å². The molecule has 1 rings (SSSR count). The summed E-state index contributed by atoms with van der Waals surface area (Å²) in [7, 11) is 1.34. The lowest BCUT2D eigenvalue weighted by molar-refractivity contribution is -0.385. The molecule has 1 aromatic rings. The van der Waals surface area contributed by atoms with Gasteiger partial charge in [0, 0.05) is 28.2 Å². The minimum absolute atomic E-state index is 0.0441. The van der Waals surface area contributed by atoms with Crippen LogP contribution < -0.4 is 0 Å². The Balaban J connectivity index is 2.65. The van der Waals surface area contributed by atoms with E-state index >= 15 is 0 Å². The van der Waals surface area contributed by atoms with E-state index < -0.39 is 4.92 Å². The molecular formula is C12H14ClNO4S. The van der Waals surface area contributed by atoms with E-state index in [4.69, 9.17) is 11.6 Å². The minimum Gasteiger partial charge on any atom is -0.469 e. The van der Waals surface area contributed by atoms with Crippen molar-refractivity contribution in [2.24, 2.45) is 5.92 Å². The Labute approximate surface area is 120 Å². The van der Waals surface area contributed by atoms with Crippen LogP contribution in [0, 0.1) is 16.0 Å². The van der Waals surface area contributed by atoms with E-state index in [0.717, 1.165) is 0 Å². The van der Waals surface area contributed by atoms with Crippen LogP contribution in [-0.4, -0.2) is 23.8 Å². The van der Waals surface area contributed by atoms with Gasteiger partial charge in [-0.25, -0.2) is 0 Å². The summed E-state index contributed by atoms with van der Waals surface area (Å²) in [6, 6.07) is 4.46. The Morgan fingerprint density at radius 1 is 1.58 bits per heavy atom. The van der Waals surface area contributed by atoms with Gasteiger partial charge in [-0.15, -0.1) is 0 Å². The molecule has 0 saturated carbocycles. The fourth-order valence-corrected chi connectivity index (χ4v) is 2.72. The van der Waals surface area contributed by atoms with Crippen LogP contribution in [-0.2, 0) is 15.3 Å². The van der Waals surface area contributed by atoms with Crippen LogP contribution in [0.25, 0.3) is 0 Å². The van der Waals surface area contributed by atoms with Crippen molar-refractivity contribution >= 4 is 35.0 Å². The average Bonchev–Trinajstić information content (AvgIpc) is 2.37. The molecule has 1 aromatic carbocycles.